The minimum Gasteiger partial charge on any atom is -0.497 e. The van der Waals surface area contributed by atoms with Crippen molar-refractivity contribution in [3.05, 3.63) is 137 Å². The van der Waals surface area contributed by atoms with Crippen molar-refractivity contribution in [3.8, 4) is 5.75 Å². The number of hydrogen-bond acceptors (Lipinski definition) is 5. The maximum atomic E-state index is 14.9. The number of anilines is 1. The van der Waals surface area contributed by atoms with Crippen molar-refractivity contribution < 1.29 is 19.1 Å². The van der Waals surface area contributed by atoms with Crippen molar-refractivity contribution in [2.75, 3.05) is 12.0 Å². The van der Waals surface area contributed by atoms with Gasteiger partial charge in [0.1, 0.15) is 17.2 Å². The molecule has 0 radical (unpaired) electrons. The summed E-state index contributed by atoms with van der Waals surface area (Å²) in [6.45, 7) is 4.34. The summed E-state index contributed by atoms with van der Waals surface area (Å²) >= 11 is 0. The molecule has 0 unspecified atom stereocenters. The number of hydrogen-bond donors (Lipinski definition) is 0. The van der Waals surface area contributed by atoms with Gasteiger partial charge in [0.2, 0.25) is 0 Å². The Balaban J connectivity index is 1.49. The first-order valence-electron chi connectivity index (χ1n) is 14.9. The molecule has 0 saturated carbocycles. The Bertz CT molecular complexity index is 1770. The molecule has 1 saturated heterocycles. The second-order valence-corrected chi connectivity index (χ2v) is 12.2. The van der Waals surface area contributed by atoms with Crippen molar-refractivity contribution in [3.63, 3.8) is 0 Å². The molecule has 1 aliphatic carbocycles. The largest absolute Gasteiger partial charge is 0.497 e. The number of rotatable bonds is 6. The normalized spacial score (nSPS) is 21.2. The van der Waals surface area contributed by atoms with E-state index in [0.717, 1.165) is 23.2 Å². The predicted molar refractivity (Wildman–Crippen MR) is 168 cm³/mol. The van der Waals surface area contributed by atoms with Crippen LogP contribution in [-0.2, 0) is 6.42 Å². The van der Waals surface area contributed by atoms with Gasteiger partial charge < -0.3 is 9.64 Å². The monoisotopic (exact) mass is 567 g/mol. The Morgan fingerprint density at radius 3 is 2.21 bits per heavy atom. The van der Waals surface area contributed by atoms with Gasteiger partial charge in [-0.3, -0.25) is 14.4 Å². The highest BCUT2D eigenvalue weighted by Crippen LogP contribution is 2.61. The summed E-state index contributed by atoms with van der Waals surface area (Å²) in [5.74, 6) is -0.253. The zero-order valence-electron chi connectivity index (χ0n) is 24.5. The van der Waals surface area contributed by atoms with Crippen LogP contribution in [0.2, 0.25) is 0 Å². The summed E-state index contributed by atoms with van der Waals surface area (Å²) in [5, 5.41) is 0. The molecule has 1 fully saturated rings. The standard InChI is InChI=1S/C38H33NO4/c1-23(2)21-24-15-17-26(18-16-24)35(40)34-33(27-10-8-11-28(22-27)43-3)38(36(41)29-12-5-6-13-30(29)37(38)42)32-20-19-25-9-4-7-14-31(25)39(32)34/h4-20,22-23,32-34H,21H2,1-3H3/t32-,33+,34-/m0/s1. The van der Waals surface area contributed by atoms with Gasteiger partial charge in [-0.05, 0) is 47.2 Å². The van der Waals surface area contributed by atoms with E-state index in [9.17, 15) is 14.4 Å². The molecule has 2 heterocycles. The zero-order chi connectivity index (χ0) is 29.9. The van der Waals surface area contributed by atoms with Gasteiger partial charge in [-0.15, -0.1) is 0 Å². The third kappa shape index (κ3) is 3.94. The molecule has 3 aliphatic rings. The first kappa shape index (κ1) is 27.1. The molecule has 4 aromatic carbocycles. The molecular weight excluding hydrogens is 534 g/mol. The smallest absolute Gasteiger partial charge is 0.185 e. The van der Waals surface area contributed by atoms with Crippen LogP contribution in [0.3, 0.4) is 0 Å². The SMILES string of the molecule is COc1cccc([C@@H]2[C@@H](C(=O)c3ccc(CC(C)C)cc3)N3c4ccccc4C=C[C@H]3C23C(=O)c2ccccc2C3=O)c1. The lowest BCUT2D eigenvalue weighted by Gasteiger charge is -2.37. The number of Topliss-reactive ketones (excluding diaryl/α,β-unsaturated/α-hetero) is 3. The third-order valence-corrected chi connectivity index (χ3v) is 9.32. The Labute approximate surface area is 251 Å². The number of carbonyl (C=O) groups is 3. The predicted octanol–water partition coefficient (Wildman–Crippen LogP) is 7.21. The Morgan fingerprint density at radius 1 is 0.860 bits per heavy atom. The van der Waals surface area contributed by atoms with Gasteiger partial charge in [0.25, 0.3) is 0 Å². The molecule has 0 N–H and O–H groups in total. The second-order valence-electron chi connectivity index (χ2n) is 12.2. The molecule has 5 heteroatoms. The quantitative estimate of drug-likeness (QED) is 0.182. The zero-order valence-corrected chi connectivity index (χ0v) is 24.5. The van der Waals surface area contributed by atoms with E-state index >= 15 is 0 Å². The minimum absolute atomic E-state index is 0.118. The van der Waals surface area contributed by atoms with Crippen LogP contribution in [0.15, 0.2) is 103 Å². The van der Waals surface area contributed by atoms with Gasteiger partial charge in [-0.2, -0.15) is 0 Å². The average molecular weight is 568 g/mol. The highest BCUT2D eigenvalue weighted by atomic mass is 16.5. The van der Waals surface area contributed by atoms with Gasteiger partial charge in [-0.1, -0.05) is 105 Å². The van der Waals surface area contributed by atoms with E-state index < -0.39 is 23.4 Å². The summed E-state index contributed by atoms with van der Waals surface area (Å²) in [6, 6.07) is 28.8. The molecule has 7 rings (SSSR count). The molecular formula is C38H33NO4. The topological polar surface area (TPSA) is 63.7 Å². The van der Waals surface area contributed by atoms with E-state index in [0.29, 0.717) is 28.4 Å². The fraction of sp³-hybridized carbons (Fsp3) is 0.237. The fourth-order valence-electron chi connectivity index (χ4n) is 7.57. The first-order valence-corrected chi connectivity index (χ1v) is 14.9. The van der Waals surface area contributed by atoms with Gasteiger partial charge in [0.15, 0.2) is 17.3 Å². The van der Waals surface area contributed by atoms with Gasteiger partial charge in [0.05, 0.1) is 13.2 Å². The number of methoxy groups -OCH3 is 1. The Morgan fingerprint density at radius 2 is 1.53 bits per heavy atom. The van der Waals surface area contributed by atoms with E-state index in [1.54, 1.807) is 31.4 Å². The Kier molecular flexibility index (Phi) is 6.42. The number of ether oxygens (including phenoxy) is 1. The van der Waals surface area contributed by atoms with E-state index in [4.69, 9.17) is 4.74 Å². The van der Waals surface area contributed by atoms with Crippen molar-refractivity contribution in [1.82, 2.24) is 0 Å². The van der Waals surface area contributed by atoms with Crippen LogP contribution in [0, 0.1) is 11.3 Å². The molecule has 43 heavy (non-hydrogen) atoms. The van der Waals surface area contributed by atoms with Gasteiger partial charge in [0, 0.05) is 28.3 Å². The number of carbonyl (C=O) groups excluding carboxylic acids is 3. The lowest BCUT2D eigenvalue weighted by molar-refractivity contribution is 0.0665. The van der Waals surface area contributed by atoms with Gasteiger partial charge >= 0.3 is 0 Å². The van der Waals surface area contributed by atoms with E-state index in [1.807, 2.05) is 89.8 Å². The third-order valence-electron chi connectivity index (χ3n) is 9.32. The number of benzene rings is 4. The maximum Gasteiger partial charge on any atom is 0.185 e. The van der Waals surface area contributed by atoms with Crippen molar-refractivity contribution >= 4 is 29.1 Å². The number of nitrogens with zero attached hydrogens (tertiary/aromatic N) is 1. The molecule has 4 aromatic rings. The number of para-hydroxylation sites is 1. The molecule has 214 valence electrons. The van der Waals surface area contributed by atoms with Crippen LogP contribution in [0.5, 0.6) is 5.75 Å². The minimum atomic E-state index is -1.53. The summed E-state index contributed by atoms with van der Waals surface area (Å²) < 4.78 is 5.60. The van der Waals surface area contributed by atoms with E-state index in [2.05, 4.69) is 13.8 Å². The summed E-state index contributed by atoms with van der Waals surface area (Å²) in [4.78, 5) is 46.5. The molecule has 0 bridgehead atoms. The van der Waals surface area contributed by atoms with Crippen LogP contribution in [0.1, 0.15) is 67.5 Å². The summed E-state index contributed by atoms with van der Waals surface area (Å²) in [6.07, 6.45) is 4.86. The van der Waals surface area contributed by atoms with E-state index in [-0.39, 0.29) is 17.3 Å². The average Bonchev–Trinajstić information content (AvgIpc) is 3.47. The second kappa shape index (κ2) is 10.2. The molecule has 5 nitrogen and oxygen atoms in total. The van der Waals surface area contributed by atoms with Gasteiger partial charge in [-0.25, -0.2) is 0 Å². The molecule has 1 spiro atoms. The maximum absolute atomic E-state index is 14.9. The van der Waals surface area contributed by atoms with Crippen LogP contribution in [-0.4, -0.2) is 36.5 Å². The summed E-state index contributed by atoms with van der Waals surface area (Å²) in [5.41, 5.74) is 3.54. The lowest BCUT2D eigenvalue weighted by Crippen LogP contribution is -2.48. The van der Waals surface area contributed by atoms with Crippen molar-refractivity contribution in [1.29, 1.82) is 0 Å². The lowest BCUT2D eigenvalue weighted by atomic mass is 9.64. The van der Waals surface area contributed by atoms with Crippen molar-refractivity contribution in [2.24, 2.45) is 11.3 Å². The van der Waals surface area contributed by atoms with E-state index in [1.165, 1.54) is 5.56 Å². The summed E-state index contributed by atoms with van der Waals surface area (Å²) in [7, 11) is 1.59. The number of fused-ring (bicyclic) bond motifs is 5. The molecule has 0 amide bonds. The highest BCUT2D eigenvalue weighted by molar-refractivity contribution is 6.32. The molecule has 0 aromatic heterocycles. The van der Waals surface area contributed by atoms with Crippen LogP contribution in [0.4, 0.5) is 5.69 Å². The molecule has 2 aliphatic heterocycles. The number of ketones is 3. The van der Waals surface area contributed by atoms with Crippen molar-refractivity contribution in [2.45, 2.75) is 38.3 Å². The fourth-order valence-corrected chi connectivity index (χ4v) is 7.57. The first-order chi connectivity index (χ1) is 20.9. The van der Waals surface area contributed by atoms with Crippen LogP contribution >= 0.6 is 0 Å². The Hall–Kier alpha value is -4.77. The van der Waals surface area contributed by atoms with Crippen LogP contribution < -0.4 is 9.64 Å². The molecule has 3 atom stereocenters. The highest BCUT2D eigenvalue weighted by Gasteiger charge is 2.71. The van der Waals surface area contributed by atoms with Crippen LogP contribution in [0.25, 0.3) is 6.08 Å².